The number of aliphatic hydroxyl groups excluding tert-OH is 5. The Morgan fingerprint density at radius 3 is 2.45 bits per heavy atom. The third kappa shape index (κ3) is 3.99. The minimum atomic E-state index is -1.60. The maximum absolute atomic E-state index is 10.2. The molecule has 166 valence electrons. The molecule has 10 heteroatoms. The van der Waals surface area contributed by atoms with Gasteiger partial charge in [0.2, 0.25) is 12.4 Å². The Balaban J connectivity index is 1.59. The maximum Gasteiger partial charge on any atom is 0.262 e. The number of ether oxygens (including phenoxy) is 3. The van der Waals surface area contributed by atoms with Gasteiger partial charge in [-0.15, -0.1) is 0 Å². The number of hydrogen-bond donors (Lipinski definition) is 7. The van der Waals surface area contributed by atoms with Gasteiger partial charge in [-0.1, -0.05) is 0 Å². The fourth-order valence-corrected chi connectivity index (χ4v) is 3.56. The molecule has 0 bridgehead atoms. The average Bonchev–Trinajstić information content (AvgIpc) is 2.75. The van der Waals surface area contributed by atoms with Gasteiger partial charge < -0.3 is 50.0 Å². The van der Waals surface area contributed by atoms with Gasteiger partial charge in [0.25, 0.3) is 5.76 Å². The number of phenols is 2. The van der Waals surface area contributed by atoms with Gasteiger partial charge in [-0.3, -0.25) is 0 Å². The first-order chi connectivity index (χ1) is 14.8. The molecule has 0 amide bonds. The van der Waals surface area contributed by atoms with E-state index in [2.05, 4.69) is 4.74 Å². The zero-order valence-electron chi connectivity index (χ0n) is 16.1. The predicted octanol–water partition coefficient (Wildman–Crippen LogP) is -0.569. The Morgan fingerprint density at radius 1 is 0.968 bits per heavy atom. The van der Waals surface area contributed by atoms with E-state index in [4.69, 9.17) is 9.47 Å². The Morgan fingerprint density at radius 2 is 1.74 bits per heavy atom. The van der Waals surface area contributed by atoms with Crippen LogP contribution in [0.15, 0.2) is 59.6 Å². The lowest BCUT2D eigenvalue weighted by atomic mass is 9.97. The molecule has 1 fully saturated rings. The van der Waals surface area contributed by atoms with Crippen LogP contribution in [0, 0.1) is 0 Å². The number of rotatable bonds is 4. The molecule has 8 N–H and O–H groups in total. The quantitative estimate of drug-likeness (QED) is 0.241. The first kappa shape index (κ1) is 21.2. The molecule has 1 aromatic carbocycles. The monoisotopic (exact) mass is 435 g/mol. The average molecular weight is 435 g/mol. The Kier molecular flexibility index (Phi) is 5.65. The van der Waals surface area contributed by atoms with Crippen molar-refractivity contribution >= 4 is 5.76 Å². The van der Waals surface area contributed by atoms with E-state index in [0.29, 0.717) is 16.9 Å². The van der Waals surface area contributed by atoms with E-state index in [9.17, 15) is 35.7 Å². The van der Waals surface area contributed by atoms with E-state index in [1.165, 1.54) is 24.3 Å². The second-order valence-electron chi connectivity index (χ2n) is 7.37. The molecule has 4 rings (SSSR count). The lowest BCUT2D eigenvalue weighted by molar-refractivity contribution is -0.291. The summed E-state index contributed by atoms with van der Waals surface area (Å²) in [4.78, 5) is 0. The van der Waals surface area contributed by atoms with Crippen LogP contribution in [0.1, 0.15) is 5.56 Å². The van der Waals surface area contributed by atoms with Crippen LogP contribution >= 0.6 is 0 Å². The molecule has 0 saturated carbocycles. The molecule has 0 spiro atoms. The predicted molar refractivity (Wildman–Crippen MR) is 105 cm³/mol. The molecule has 1 unspecified atom stereocenters. The molecule has 0 aromatic heterocycles. The molecule has 10 nitrogen and oxygen atoms in total. The highest BCUT2D eigenvalue weighted by molar-refractivity contribution is 5.67. The van der Waals surface area contributed by atoms with Crippen molar-refractivity contribution in [1.82, 2.24) is 0 Å². The van der Waals surface area contributed by atoms with Crippen LogP contribution in [-0.4, -0.2) is 83.9 Å². The molecule has 31 heavy (non-hydrogen) atoms. The summed E-state index contributed by atoms with van der Waals surface area (Å²) in [7, 11) is 0. The van der Waals surface area contributed by atoms with Gasteiger partial charge in [-0.05, 0) is 18.2 Å². The molecule has 1 aromatic rings. The molecule has 0 radical (unpaired) electrons. The zero-order chi connectivity index (χ0) is 22.3. The highest BCUT2D eigenvalue weighted by atomic mass is 16.7. The minimum Gasteiger partial charge on any atom is -0.574 e. The Bertz CT molecular complexity index is 976. The van der Waals surface area contributed by atoms with Crippen LogP contribution in [0.4, 0.5) is 0 Å². The van der Waals surface area contributed by atoms with Crippen LogP contribution in [0.25, 0.3) is 5.76 Å². The second-order valence-corrected chi connectivity index (χ2v) is 7.37. The van der Waals surface area contributed by atoms with Gasteiger partial charge >= 0.3 is 0 Å². The minimum absolute atomic E-state index is 0.127. The van der Waals surface area contributed by atoms with E-state index < -0.39 is 43.4 Å². The van der Waals surface area contributed by atoms with E-state index in [1.54, 1.807) is 18.2 Å². The van der Waals surface area contributed by atoms with E-state index >= 15 is 0 Å². The van der Waals surface area contributed by atoms with Gasteiger partial charge in [-0.25, -0.2) is 0 Å². The van der Waals surface area contributed by atoms with Gasteiger partial charge in [-0.2, -0.15) is 0 Å². The lowest BCUT2D eigenvalue weighted by Gasteiger charge is -2.40. The van der Waals surface area contributed by atoms with Crippen molar-refractivity contribution in [2.45, 2.75) is 36.8 Å². The summed E-state index contributed by atoms with van der Waals surface area (Å²) < 4.78 is 15.6. The van der Waals surface area contributed by atoms with Crippen molar-refractivity contribution in [3.05, 3.63) is 65.2 Å². The summed E-state index contributed by atoms with van der Waals surface area (Å²) in [6, 6.07) is 4.27. The number of phenolic OH excluding ortho intramolecular Hbond substituents is 2. The van der Waals surface area contributed by atoms with Crippen molar-refractivity contribution in [1.29, 1.82) is 0 Å². The summed E-state index contributed by atoms with van der Waals surface area (Å²) in [6.07, 6.45) is -1.81. The second kappa shape index (κ2) is 8.25. The standard InChI is InChI=1S/C21H22O10/c22-8-17-18(26)19(27)20(28)21(31-17)30-16-7-10(23)6-15-11(16)2-4-14(29-15)9-1-3-12(24)13(25)5-9/h1-7,15,17-28H,8H2/p+1/t15?,17-,18-,19+,20-,21-/m1/s1. The fourth-order valence-electron chi connectivity index (χ4n) is 3.56. The van der Waals surface area contributed by atoms with Crippen molar-refractivity contribution in [2.24, 2.45) is 0 Å². The Labute approximate surface area is 176 Å². The van der Waals surface area contributed by atoms with Crippen molar-refractivity contribution < 1.29 is 50.0 Å². The van der Waals surface area contributed by atoms with E-state index in [1.807, 2.05) is 0 Å². The van der Waals surface area contributed by atoms with Crippen LogP contribution in [0.5, 0.6) is 11.5 Å². The number of benzene rings is 1. The third-order valence-corrected chi connectivity index (χ3v) is 5.27. The van der Waals surface area contributed by atoms with Gasteiger partial charge in [0.1, 0.15) is 35.9 Å². The van der Waals surface area contributed by atoms with Gasteiger partial charge in [0.15, 0.2) is 11.5 Å². The third-order valence-electron chi connectivity index (χ3n) is 5.27. The summed E-state index contributed by atoms with van der Waals surface area (Å²) in [5.41, 5.74) is 1.07. The first-order valence-corrected chi connectivity index (χ1v) is 9.53. The highest BCUT2D eigenvalue weighted by Crippen LogP contribution is 2.36. The summed E-state index contributed by atoms with van der Waals surface area (Å²) in [5.74, 6) is -0.0916. The number of fused-ring (bicyclic) bond motifs is 1. The molecular formula is C21H23O10+. The van der Waals surface area contributed by atoms with Crippen LogP contribution in [0.2, 0.25) is 0 Å². The number of hydrogen-bond acceptors (Lipinski definition) is 9. The number of aliphatic hydroxyl groups is 7. The topological polar surface area (TPSA) is 173 Å². The van der Waals surface area contributed by atoms with E-state index in [0.717, 1.165) is 0 Å². The summed E-state index contributed by atoms with van der Waals surface area (Å²) >= 11 is 0. The van der Waals surface area contributed by atoms with Crippen molar-refractivity contribution in [3.63, 3.8) is 0 Å². The molecule has 1 saturated heterocycles. The zero-order valence-corrected chi connectivity index (χ0v) is 16.1. The first-order valence-electron chi connectivity index (χ1n) is 9.53. The fraction of sp³-hybridized carbons (Fsp3) is 0.333. The highest BCUT2D eigenvalue weighted by Gasteiger charge is 2.46. The molecule has 1 aliphatic carbocycles. The SMILES string of the molecule is OC[C@H]1O[C@@H](OC2=CC(O)=CC3[OH+]C(c4ccc(O)c(O)c4)=CC=C23)[C@H](O)[C@@H](O)[C@@H]1O. The van der Waals surface area contributed by atoms with Crippen LogP contribution in [0.3, 0.4) is 0 Å². The molecule has 2 aliphatic heterocycles. The summed E-state index contributed by atoms with van der Waals surface area (Å²) in [6.45, 7) is -0.596. The van der Waals surface area contributed by atoms with Gasteiger partial charge in [0.05, 0.1) is 23.8 Å². The molecule has 6 atom stereocenters. The Hall–Kier alpha value is -3.02. The summed E-state index contributed by atoms with van der Waals surface area (Å²) in [5, 5.41) is 68.7. The van der Waals surface area contributed by atoms with Crippen LogP contribution in [-0.2, 0) is 9.47 Å². The number of allylic oxidation sites excluding steroid dienone is 3. The maximum atomic E-state index is 10.2. The van der Waals surface area contributed by atoms with Crippen molar-refractivity contribution in [2.75, 3.05) is 6.61 Å². The van der Waals surface area contributed by atoms with Gasteiger partial charge in [0, 0.05) is 18.2 Å². The smallest absolute Gasteiger partial charge is 0.262 e. The van der Waals surface area contributed by atoms with E-state index in [-0.39, 0.29) is 23.0 Å². The normalized spacial score (nSPS) is 32.6. The number of aromatic hydroxyl groups is 2. The molecule has 2 heterocycles. The molecular weight excluding hydrogens is 412 g/mol. The largest absolute Gasteiger partial charge is 0.574 e. The lowest BCUT2D eigenvalue weighted by Crippen LogP contribution is -2.59. The molecule has 3 aliphatic rings. The van der Waals surface area contributed by atoms with Crippen LogP contribution < -0.4 is 0 Å². The van der Waals surface area contributed by atoms with Crippen molar-refractivity contribution in [3.8, 4) is 11.5 Å².